The van der Waals surface area contributed by atoms with Gasteiger partial charge in [-0.3, -0.25) is 9.59 Å². The van der Waals surface area contributed by atoms with E-state index in [1.807, 2.05) is 0 Å². The number of aliphatic carboxylic acids is 1. The van der Waals surface area contributed by atoms with Gasteiger partial charge in [0, 0.05) is 17.6 Å². The van der Waals surface area contributed by atoms with Gasteiger partial charge in [-0.1, -0.05) is 34.1 Å². The molecule has 1 aliphatic heterocycles. The number of carboxylic acids is 1. The van der Waals surface area contributed by atoms with E-state index in [9.17, 15) is 22.8 Å². The molecule has 22 heavy (non-hydrogen) atoms. The molecule has 1 amide bonds. The topological polar surface area (TPSA) is 57.6 Å². The van der Waals surface area contributed by atoms with Crippen LogP contribution >= 0.6 is 15.9 Å². The van der Waals surface area contributed by atoms with Gasteiger partial charge in [0.1, 0.15) is 0 Å². The smallest absolute Gasteiger partial charge is 0.406 e. The van der Waals surface area contributed by atoms with Gasteiger partial charge in [0.15, 0.2) is 5.41 Å². The lowest BCUT2D eigenvalue weighted by molar-refractivity contribution is -0.227. The highest BCUT2D eigenvalue weighted by Crippen LogP contribution is 2.45. The minimum Gasteiger partial charge on any atom is -0.481 e. The van der Waals surface area contributed by atoms with Crippen molar-refractivity contribution in [2.75, 3.05) is 13.1 Å². The fourth-order valence-electron chi connectivity index (χ4n) is 2.47. The van der Waals surface area contributed by atoms with Crippen LogP contribution in [0.5, 0.6) is 0 Å². The number of hydrogen-bond acceptors (Lipinski definition) is 2. The molecule has 8 heteroatoms. The third-order valence-corrected chi connectivity index (χ3v) is 4.65. The van der Waals surface area contributed by atoms with E-state index in [1.165, 1.54) is 0 Å². The molecule has 1 saturated heterocycles. The van der Waals surface area contributed by atoms with Gasteiger partial charge in [-0.05, 0) is 18.1 Å². The quantitative estimate of drug-likeness (QED) is 0.878. The molecule has 0 saturated carbocycles. The first-order valence-corrected chi connectivity index (χ1v) is 7.28. The lowest BCUT2D eigenvalue weighted by atomic mass is 9.86. The largest absolute Gasteiger partial charge is 0.481 e. The molecule has 1 N–H and O–H groups in total. The summed E-state index contributed by atoms with van der Waals surface area (Å²) in [6.45, 7) is -1.05. The van der Waals surface area contributed by atoms with Crippen LogP contribution in [-0.2, 0) is 16.0 Å². The summed E-state index contributed by atoms with van der Waals surface area (Å²) in [4.78, 5) is 24.2. The number of alkyl halides is 3. The molecular weight excluding hydrogens is 367 g/mol. The summed E-state index contributed by atoms with van der Waals surface area (Å²) >= 11 is 3.27. The SMILES string of the molecule is O=C(Cc1ccccc1Br)N1CCC(C(=O)O)(C(F)(F)F)C1. The molecule has 2 rings (SSSR count). The predicted molar refractivity (Wildman–Crippen MR) is 75.2 cm³/mol. The van der Waals surface area contributed by atoms with Crippen molar-refractivity contribution in [2.45, 2.75) is 19.0 Å². The average molecular weight is 380 g/mol. The molecule has 1 atom stereocenters. The van der Waals surface area contributed by atoms with Crippen LogP contribution in [0, 0.1) is 5.41 Å². The Balaban J connectivity index is 2.14. The molecule has 1 unspecified atom stereocenters. The molecule has 4 nitrogen and oxygen atoms in total. The van der Waals surface area contributed by atoms with Crippen molar-refractivity contribution >= 4 is 27.8 Å². The third kappa shape index (κ3) is 2.97. The zero-order valence-corrected chi connectivity index (χ0v) is 12.9. The van der Waals surface area contributed by atoms with E-state index in [2.05, 4.69) is 15.9 Å². The van der Waals surface area contributed by atoms with E-state index >= 15 is 0 Å². The van der Waals surface area contributed by atoms with Gasteiger partial charge in [-0.2, -0.15) is 13.2 Å². The standard InChI is InChI=1S/C14H13BrF3NO3/c15-10-4-2-1-3-9(10)7-11(20)19-6-5-13(8-19,12(21)22)14(16,17)18/h1-4H,5-8H2,(H,21,22). The maximum Gasteiger partial charge on any atom is 0.406 e. The van der Waals surface area contributed by atoms with E-state index in [4.69, 9.17) is 5.11 Å². The van der Waals surface area contributed by atoms with Gasteiger partial charge in [0.25, 0.3) is 0 Å². The summed E-state index contributed by atoms with van der Waals surface area (Å²) in [7, 11) is 0. The monoisotopic (exact) mass is 379 g/mol. The lowest BCUT2D eigenvalue weighted by Gasteiger charge is -2.27. The Labute approximate surface area is 133 Å². The van der Waals surface area contributed by atoms with Crippen LogP contribution in [0.15, 0.2) is 28.7 Å². The number of carbonyl (C=O) groups is 2. The highest BCUT2D eigenvalue weighted by atomic mass is 79.9. The average Bonchev–Trinajstić information content (AvgIpc) is 2.87. The van der Waals surface area contributed by atoms with E-state index < -0.39 is 36.4 Å². The fraction of sp³-hybridized carbons (Fsp3) is 0.429. The van der Waals surface area contributed by atoms with Crippen LogP contribution in [-0.4, -0.2) is 41.1 Å². The molecule has 1 aliphatic rings. The van der Waals surface area contributed by atoms with Crippen molar-refractivity contribution in [1.29, 1.82) is 0 Å². The number of carbonyl (C=O) groups excluding carboxylic acids is 1. The zero-order chi connectivity index (χ0) is 16.5. The fourth-order valence-corrected chi connectivity index (χ4v) is 2.89. The second-order valence-electron chi connectivity index (χ2n) is 5.22. The van der Waals surface area contributed by atoms with Crippen molar-refractivity contribution < 1.29 is 27.9 Å². The lowest BCUT2D eigenvalue weighted by Crippen LogP contribution is -2.47. The summed E-state index contributed by atoms with van der Waals surface area (Å²) in [6.07, 6.45) is -5.58. The Morgan fingerprint density at radius 1 is 1.32 bits per heavy atom. The summed E-state index contributed by atoms with van der Waals surface area (Å²) in [6, 6.07) is 6.89. The van der Waals surface area contributed by atoms with Gasteiger partial charge in [0.05, 0.1) is 6.42 Å². The van der Waals surface area contributed by atoms with E-state index in [1.54, 1.807) is 24.3 Å². The molecule has 1 fully saturated rings. The first kappa shape index (κ1) is 16.8. The van der Waals surface area contributed by atoms with Crippen LogP contribution < -0.4 is 0 Å². The van der Waals surface area contributed by atoms with Crippen LogP contribution in [0.1, 0.15) is 12.0 Å². The number of likely N-dealkylation sites (tertiary alicyclic amines) is 1. The molecule has 0 aliphatic carbocycles. The molecule has 0 aromatic heterocycles. The Bertz CT molecular complexity index is 605. The number of hydrogen-bond donors (Lipinski definition) is 1. The van der Waals surface area contributed by atoms with Crippen molar-refractivity contribution in [3.8, 4) is 0 Å². The Hall–Kier alpha value is -1.57. The molecule has 1 aromatic carbocycles. The number of halogens is 4. The van der Waals surface area contributed by atoms with Crippen molar-refractivity contribution in [3.63, 3.8) is 0 Å². The minimum atomic E-state index is -4.89. The molecular formula is C14H13BrF3NO3. The molecule has 0 spiro atoms. The Kier molecular flexibility index (Phi) is 4.51. The van der Waals surface area contributed by atoms with E-state index in [-0.39, 0.29) is 13.0 Å². The molecule has 1 heterocycles. The zero-order valence-electron chi connectivity index (χ0n) is 11.4. The van der Waals surface area contributed by atoms with Gasteiger partial charge in [-0.15, -0.1) is 0 Å². The van der Waals surface area contributed by atoms with Crippen molar-refractivity contribution in [3.05, 3.63) is 34.3 Å². The first-order valence-electron chi connectivity index (χ1n) is 6.49. The number of amides is 1. The van der Waals surface area contributed by atoms with Crippen LogP contribution in [0.2, 0.25) is 0 Å². The highest BCUT2D eigenvalue weighted by molar-refractivity contribution is 9.10. The highest BCUT2D eigenvalue weighted by Gasteiger charge is 2.64. The number of rotatable bonds is 3. The van der Waals surface area contributed by atoms with Gasteiger partial charge < -0.3 is 10.0 Å². The van der Waals surface area contributed by atoms with Gasteiger partial charge in [0.2, 0.25) is 5.91 Å². The summed E-state index contributed by atoms with van der Waals surface area (Å²) in [5.74, 6) is -2.45. The Morgan fingerprint density at radius 2 is 1.95 bits per heavy atom. The minimum absolute atomic E-state index is 0.0744. The number of carboxylic acid groups (broad SMARTS) is 1. The second kappa shape index (κ2) is 5.91. The molecule has 0 bridgehead atoms. The predicted octanol–water partition coefficient (Wildman–Crippen LogP) is 2.86. The van der Waals surface area contributed by atoms with E-state index in [0.717, 1.165) is 4.90 Å². The molecule has 0 radical (unpaired) electrons. The third-order valence-electron chi connectivity index (χ3n) is 3.87. The van der Waals surface area contributed by atoms with Crippen LogP contribution in [0.25, 0.3) is 0 Å². The molecule has 120 valence electrons. The summed E-state index contributed by atoms with van der Waals surface area (Å²) in [5, 5.41) is 8.97. The van der Waals surface area contributed by atoms with Gasteiger partial charge in [-0.25, -0.2) is 0 Å². The van der Waals surface area contributed by atoms with Crippen LogP contribution in [0.4, 0.5) is 13.2 Å². The van der Waals surface area contributed by atoms with E-state index in [0.29, 0.717) is 10.0 Å². The van der Waals surface area contributed by atoms with Crippen LogP contribution in [0.3, 0.4) is 0 Å². The van der Waals surface area contributed by atoms with Crippen molar-refractivity contribution in [2.24, 2.45) is 5.41 Å². The summed E-state index contributed by atoms with van der Waals surface area (Å²) < 4.78 is 39.9. The maximum atomic E-state index is 13.1. The molecule has 1 aromatic rings. The van der Waals surface area contributed by atoms with Crippen molar-refractivity contribution in [1.82, 2.24) is 4.90 Å². The first-order chi connectivity index (χ1) is 10.2. The maximum absolute atomic E-state index is 13.1. The number of nitrogens with zero attached hydrogens (tertiary/aromatic N) is 1. The second-order valence-corrected chi connectivity index (χ2v) is 6.07. The number of benzene rings is 1. The Morgan fingerprint density at radius 3 is 2.45 bits per heavy atom. The summed E-state index contributed by atoms with van der Waals surface area (Å²) in [5.41, 5.74) is -2.22. The van der Waals surface area contributed by atoms with Gasteiger partial charge >= 0.3 is 12.1 Å². The normalized spacial score (nSPS) is 21.9.